The maximum Gasteiger partial charge on any atom is 0.00131 e. The van der Waals surface area contributed by atoms with Gasteiger partial charge >= 0.3 is 0 Å². The van der Waals surface area contributed by atoms with Crippen LogP contribution in [-0.4, -0.2) is 12.6 Å². The smallest absolute Gasteiger partial charge is 0.00131 e. The number of nitrogens with two attached hydrogens (primary N) is 2. The molecule has 0 aromatic heterocycles. The van der Waals surface area contributed by atoms with Crippen molar-refractivity contribution < 1.29 is 0 Å². The summed E-state index contributed by atoms with van der Waals surface area (Å²) in [6.45, 7) is 5.26. The Labute approximate surface area is 82.1 Å². The lowest BCUT2D eigenvalue weighted by atomic mass is 9.69. The van der Waals surface area contributed by atoms with Crippen molar-refractivity contribution in [1.82, 2.24) is 0 Å². The molecule has 1 saturated carbocycles. The second-order valence-corrected chi connectivity index (χ2v) is 5.19. The maximum absolute atomic E-state index is 5.82. The fourth-order valence-corrected chi connectivity index (χ4v) is 2.63. The minimum Gasteiger partial charge on any atom is -0.330 e. The second kappa shape index (κ2) is 4.43. The molecule has 0 bridgehead atoms. The van der Waals surface area contributed by atoms with E-state index in [9.17, 15) is 0 Å². The van der Waals surface area contributed by atoms with Crippen molar-refractivity contribution in [1.29, 1.82) is 0 Å². The first-order chi connectivity index (χ1) is 6.06. The van der Waals surface area contributed by atoms with Crippen molar-refractivity contribution in [2.45, 2.75) is 52.0 Å². The maximum atomic E-state index is 5.82. The molecule has 0 aliphatic heterocycles. The van der Waals surface area contributed by atoms with Crippen molar-refractivity contribution in [3.8, 4) is 0 Å². The summed E-state index contributed by atoms with van der Waals surface area (Å²) in [6.07, 6.45) is 6.46. The second-order valence-electron chi connectivity index (χ2n) is 5.19. The zero-order chi connectivity index (χ0) is 9.90. The third-order valence-electron chi connectivity index (χ3n) is 3.37. The van der Waals surface area contributed by atoms with Crippen LogP contribution in [0.1, 0.15) is 46.0 Å². The Morgan fingerprint density at radius 3 is 2.77 bits per heavy atom. The number of rotatable bonds is 3. The fourth-order valence-electron chi connectivity index (χ4n) is 2.63. The Morgan fingerprint density at radius 1 is 1.54 bits per heavy atom. The van der Waals surface area contributed by atoms with Crippen LogP contribution in [-0.2, 0) is 0 Å². The lowest BCUT2D eigenvalue weighted by molar-refractivity contribution is 0.157. The molecule has 0 radical (unpaired) electrons. The predicted molar refractivity (Wildman–Crippen MR) is 57.4 cm³/mol. The number of hydrogen-bond acceptors (Lipinski definition) is 2. The summed E-state index contributed by atoms with van der Waals surface area (Å²) in [6, 6.07) is 0.352. The summed E-state index contributed by atoms with van der Waals surface area (Å²) >= 11 is 0. The molecule has 0 aromatic carbocycles. The topological polar surface area (TPSA) is 52.0 Å². The average molecular weight is 184 g/mol. The Morgan fingerprint density at radius 2 is 2.23 bits per heavy atom. The quantitative estimate of drug-likeness (QED) is 0.703. The number of hydrogen-bond donors (Lipinski definition) is 2. The van der Waals surface area contributed by atoms with Gasteiger partial charge in [0.15, 0.2) is 0 Å². The van der Waals surface area contributed by atoms with E-state index in [0.29, 0.717) is 11.5 Å². The highest BCUT2D eigenvalue weighted by atomic mass is 14.6. The van der Waals surface area contributed by atoms with E-state index < -0.39 is 0 Å². The van der Waals surface area contributed by atoms with Crippen LogP contribution in [0, 0.1) is 11.3 Å². The van der Waals surface area contributed by atoms with Crippen LogP contribution in [0.4, 0.5) is 0 Å². The first-order valence-electron chi connectivity index (χ1n) is 5.51. The third-order valence-corrected chi connectivity index (χ3v) is 3.37. The van der Waals surface area contributed by atoms with E-state index >= 15 is 0 Å². The van der Waals surface area contributed by atoms with Gasteiger partial charge in [0.25, 0.3) is 0 Å². The first kappa shape index (κ1) is 11.0. The zero-order valence-electron chi connectivity index (χ0n) is 9.05. The van der Waals surface area contributed by atoms with Crippen molar-refractivity contribution in [2.75, 3.05) is 6.54 Å². The van der Waals surface area contributed by atoms with Gasteiger partial charge in [-0.25, -0.2) is 0 Å². The van der Waals surface area contributed by atoms with Gasteiger partial charge in [0.2, 0.25) is 0 Å². The largest absolute Gasteiger partial charge is 0.330 e. The monoisotopic (exact) mass is 184 g/mol. The molecule has 0 spiro atoms. The Balaban J connectivity index is 2.42. The summed E-state index contributed by atoms with van der Waals surface area (Å²) in [5, 5.41) is 0. The highest BCUT2D eigenvalue weighted by Crippen LogP contribution is 2.39. The van der Waals surface area contributed by atoms with E-state index in [1.807, 2.05) is 0 Å². The van der Waals surface area contributed by atoms with Gasteiger partial charge in [0, 0.05) is 6.04 Å². The molecule has 13 heavy (non-hydrogen) atoms. The molecule has 0 saturated heterocycles. The van der Waals surface area contributed by atoms with Gasteiger partial charge in [-0.05, 0) is 44.1 Å². The van der Waals surface area contributed by atoms with E-state index in [1.54, 1.807) is 0 Å². The summed E-state index contributed by atoms with van der Waals surface area (Å²) in [5.74, 6) is 0.822. The lowest BCUT2D eigenvalue weighted by Crippen LogP contribution is -2.34. The SMILES string of the molecule is CC(N)CC1CCCC(C)(CN)C1. The third kappa shape index (κ3) is 3.28. The van der Waals surface area contributed by atoms with E-state index in [4.69, 9.17) is 11.5 Å². The molecule has 1 fully saturated rings. The van der Waals surface area contributed by atoms with Crippen molar-refractivity contribution in [3.05, 3.63) is 0 Å². The summed E-state index contributed by atoms with van der Waals surface area (Å²) < 4.78 is 0. The van der Waals surface area contributed by atoms with Crippen LogP contribution >= 0.6 is 0 Å². The minimum atomic E-state index is 0.352. The van der Waals surface area contributed by atoms with Gasteiger partial charge < -0.3 is 11.5 Å². The van der Waals surface area contributed by atoms with Crippen LogP contribution in [0.2, 0.25) is 0 Å². The van der Waals surface area contributed by atoms with Crippen LogP contribution in [0.15, 0.2) is 0 Å². The molecule has 0 aromatic rings. The van der Waals surface area contributed by atoms with Gasteiger partial charge in [-0.1, -0.05) is 19.8 Å². The molecular formula is C11H24N2. The molecule has 3 unspecified atom stereocenters. The molecule has 0 heterocycles. The molecular weight excluding hydrogens is 160 g/mol. The standard InChI is InChI=1S/C11H24N2/c1-9(13)6-10-4-3-5-11(2,7-10)8-12/h9-10H,3-8,12-13H2,1-2H3. The Kier molecular flexibility index (Phi) is 3.74. The van der Waals surface area contributed by atoms with E-state index in [-0.39, 0.29) is 0 Å². The van der Waals surface area contributed by atoms with Gasteiger partial charge in [-0.15, -0.1) is 0 Å². The molecule has 2 heteroatoms. The predicted octanol–water partition coefficient (Wildman–Crippen LogP) is 1.88. The van der Waals surface area contributed by atoms with Crippen LogP contribution in [0.25, 0.3) is 0 Å². The average Bonchev–Trinajstić information content (AvgIpc) is 2.03. The van der Waals surface area contributed by atoms with Gasteiger partial charge in [0.1, 0.15) is 0 Å². The molecule has 1 rings (SSSR count). The van der Waals surface area contributed by atoms with Gasteiger partial charge in [0.05, 0.1) is 0 Å². The Bertz CT molecular complexity index is 156. The lowest BCUT2D eigenvalue weighted by Gasteiger charge is -2.37. The zero-order valence-corrected chi connectivity index (χ0v) is 9.05. The molecule has 1 aliphatic rings. The summed E-state index contributed by atoms with van der Waals surface area (Å²) in [7, 11) is 0. The molecule has 3 atom stereocenters. The van der Waals surface area contributed by atoms with E-state index in [1.165, 1.54) is 32.1 Å². The van der Waals surface area contributed by atoms with Crippen LogP contribution < -0.4 is 11.5 Å². The van der Waals surface area contributed by atoms with E-state index in [2.05, 4.69) is 13.8 Å². The van der Waals surface area contributed by atoms with Crippen molar-refractivity contribution in [3.63, 3.8) is 0 Å². The van der Waals surface area contributed by atoms with Crippen molar-refractivity contribution in [2.24, 2.45) is 22.8 Å². The Hall–Kier alpha value is -0.0800. The highest BCUT2D eigenvalue weighted by Gasteiger charge is 2.30. The van der Waals surface area contributed by atoms with Crippen molar-refractivity contribution >= 4 is 0 Å². The normalized spacial score (nSPS) is 37.4. The van der Waals surface area contributed by atoms with Gasteiger partial charge in [-0.3, -0.25) is 0 Å². The molecule has 2 nitrogen and oxygen atoms in total. The minimum absolute atomic E-state index is 0.352. The highest BCUT2D eigenvalue weighted by molar-refractivity contribution is 4.84. The van der Waals surface area contributed by atoms with Crippen LogP contribution in [0.3, 0.4) is 0 Å². The molecule has 1 aliphatic carbocycles. The van der Waals surface area contributed by atoms with Gasteiger partial charge in [-0.2, -0.15) is 0 Å². The first-order valence-corrected chi connectivity index (χ1v) is 5.51. The molecule has 78 valence electrons. The molecule has 0 amide bonds. The van der Waals surface area contributed by atoms with E-state index in [0.717, 1.165) is 12.5 Å². The summed E-state index contributed by atoms with van der Waals surface area (Å²) in [4.78, 5) is 0. The summed E-state index contributed by atoms with van der Waals surface area (Å²) in [5.41, 5.74) is 12.0. The fraction of sp³-hybridized carbons (Fsp3) is 1.00. The van der Waals surface area contributed by atoms with Crippen LogP contribution in [0.5, 0.6) is 0 Å². The molecule has 4 N–H and O–H groups in total.